The standard InChI is InChI=1S/C18H18N4O4/c1-11-14(8-9-26-12(2)23)18(25)22-16(20-11)15(10-19-22)17(24)21-13-6-4-3-5-7-13/h3-7,10,19H,8-9H2,1-2H3,(H,21,24). The second-order valence-corrected chi connectivity index (χ2v) is 5.74. The Hall–Kier alpha value is -3.42. The van der Waals surface area contributed by atoms with Gasteiger partial charge in [-0.25, -0.2) is 9.50 Å². The summed E-state index contributed by atoms with van der Waals surface area (Å²) in [5.74, 6) is -0.773. The van der Waals surface area contributed by atoms with Gasteiger partial charge in [-0.15, -0.1) is 0 Å². The van der Waals surface area contributed by atoms with E-state index >= 15 is 0 Å². The lowest BCUT2D eigenvalue weighted by atomic mass is 10.2. The smallest absolute Gasteiger partial charge is 0.302 e. The minimum atomic E-state index is -0.406. The number of rotatable bonds is 5. The highest BCUT2D eigenvalue weighted by atomic mass is 16.5. The third-order valence-electron chi connectivity index (χ3n) is 3.90. The van der Waals surface area contributed by atoms with Gasteiger partial charge in [0.25, 0.3) is 11.5 Å². The van der Waals surface area contributed by atoms with Crippen molar-refractivity contribution in [2.45, 2.75) is 20.3 Å². The monoisotopic (exact) mass is 354 g/mol. The Balaban J connectivity index is 1.91. The lowest BCUT2D eigenvalue weighted by Gasteiger charge is -2.07. The topological polar surface area (TPSA) is 106 Å². The molecule has 2 heterocycles. The van der Waals surface area contributed by atoms with Gasteiger partial charge in [-0.3, -0.25) is 19.5 Å². The van der Waals surface area contributed by atoms with Gasteiger partial charge in [-0.1, -0.05) is 18.2 Å². The van der Waals surface area contributed by atoms with Crippen molar-refractivity contribution in [2.24, 2.45) is 0 Å². The van der Waals surface area contributed by atoms with Gasteiger partial charge in [0.05, 0.1) is 6.61 Å². The zero-order chi connectivity index (χ0) is 18.7. The van der Waals surface area contributed by atoms with Gasteiger partial charge in [-0.2, -0.15) is 0 Å². The van der Waals surface area contributed by atoms with E-state index in [1.165, 1.54) is 17.6 Å². The van der Waals surface area contributed by atoms with Crippen LogP contribution in [0.2, 0.25) is 0 Å². The SMILES string of the molecule is CC(=O)OCCc1c(C)nc2c(C(=O)Nc3ccccc3)c[nH]n2c1=O. The molecule has 0 saturated heterocycles. The summed E-state index contributed by atoms with van der Waals surface area (Å²) in [6, 6.07) is 9.01. The van der Waals surface area contributed by atoms with E-state index in [0.717, 1.165) is 0 Å². The molecule has 2 aromatic heterocycles. The fraction of sp³-hybridized carbons (Fsp3) is 0.222. The number of fused-ring (bicyclic) bond motifs is 1. The van der Waals surface area contributed by atoms with Gasteiger partial charge in [-0.05, 0) is 19.1 Å². The van der Waals surface area contributed by atoms with Gasteiger partial charge in [0, 0.05) is 36.5 Å². The van der Waals surface area contributed by atoms with Gasteiger partial charge < -0.3 is 10.1 Å². The average Bonchev–Trinajstić information content (AvgIpc) is 3.02. The van der Waals surface area contributed by atoms with Crippen molar-refractivity contribution in [3.8, 4) is 0 Å². The predicted octanol–water partition coefficient (Wildman–Crippen LogP) is 1.69. The number of amides is 1. The first-order chi connectivity index (χ1) is 12.5. The number of ether oxygens (including phenoxy) is 1. The molecule has 8 nitrogen and oxygen atoms in total. The Labute approximate surface area is 148 Å². The van der Waals surface area contributed by atoms with Crippen LogP contribution in [-0.4, -0.2) is 33.1 Å². The fourth-order valence-corrected chi connectivity index (χ4v) is 2.63. The predicted molar refractivity (Wildman–Crippen MR) is 95.3 cm³/mol. The van der Waals surface area contributed by atoms with Crippen LogP contribution >= 0.6 is 0 Å². The first-order valence-electron chi connectivity index (χ1n) is 8.06. The van der Waals surface area contributed by atoms with E-state index in [0.29, 0.717) is 16.9 Å². The highest BCUT2D eigenvalue weighted by molar-refractivity contribution is 6.08. The number of anilines is 1. The van der Waals surface area contributed by atoms with Crippen LogP contribution in [0.15, 0.2) is 41.3 Å². The van der Waals surface area contributed by atoms with Crippen LogP contribution in [0.25, 0.3) is 5.65 Å². The molecule has 3 aromatic rings. The minimum Gasteiger partial charge on any atom is -0.466 e. The molecule has 134 valence electrons. The summed E-state index contributed by atoms with van der Waals surface area (Å²) < 4.78 is 6.11. The second kappa shape index (κ2) is 7.22. The largest absolute Gasteiger partial charge is 0.466 e. The fourth-order valence-electron chi connectivity index (χ4n) is 2.63. The van der Waals surface area contributed by atoms with Crippen molar-refractivity contribution in [1.82, 2.24) is 14.6 Å². The van der Waals surface area contributed by atoms with Crippen LogP contribution in [0.3, 0.4) is 0 Å². The number of esters is 1. The molecule has 0 radical (unpaired) electrons. The van der Waals surface area contributed by atoms with E-state index in [2.05, 4.69) is 15.4 Å². The summed E-state index contributed by atoms with van der Waals surface area (Å²) in [5.41, 5.74) is 1.77. The van der Waals surface area contributed by atoms with Crippen molar-refractivity contribution in [1.29, 1.82) is 0 Å². The summed E-state index contributed by atoms with van der Waals surface area (Å²) in [6.07, 6.45) is 1.70. The molecule has 1 aromatic carbocycles. The average molecular weight is 354 g/mol. The van der Waals surface area contributed by atoms with Gasteiger partial charge in [0.15, 0.2) is 5.65 Å². The lowest BCUT2D eigenvalue weighted by Crippen LogP contribution is -2.24. The zero-order valence-corrected chi connectivity index (χ0v) is 14.4. The third-order valence-corrected chi connectivity index (χ3v) is 3.90. The van der Waals surface area contributed by atoms with Crippen LogP contribution in [-0.2, 0) is 16.0 Å². The molecule has 8 heteroatoms. The zero-order valence-electron chi connectivity index (χ0n) is 14.4. The first kappa shape index (κ1) is 17.4. The lowest BCUT2D eigenvalue weighted by molar-refractivity contribution is -0.140. The first-order valence-corrected chi connectivity index (χ1v) is 8.06. The van der Waals surface area contributed by atoms with E-state index in [4.69, 9.17) is 4.74 Å². The maximum Gasteiger partial charge on any atom is 0.302 e. The van der Waals surface area contributed by atoms with Crippen molar-refractivity contribution in [3.63, 3.8) is 0 Å². The molecular formula is C18H18N4O4. The van der Waals surface area contributed by atoms with Gasteiger partial charge in [0.1, 0.15) is 5.56 Å². The highest BCUT2D eigenvalue weighted by Gasteiger charge is 2.18. The molecule has 0 saturated carbocycles. The summed E-state index contributed by atoms with van der Waals surface area (Å²) >= 11 is 0. The maximum absolute atomic E-state index is 12.6. The molecule has 0 unspecified atom stereocenters. The van der Waals surface area contributed by atoms with E-state index in [1.807, 2.05) is 18.2 Å². The number of aromatic nitrogens is 3. The number of H-pyrrole nitrogens is 1. The van der Waals surface area contributed by atoms with Crippen LogP contribution in [0.1, 0.15) is 28.5 Å². The number of carbonyl (C=O) groups is 2. The molecule has 0 fully saturated rings. The summed E-state index contributed by atoms with van der Waals surface area (Å²) in [4.78, 5) is 40.4. The van der Waals surface area contributed by atoms with Crippen LogP contribution < -0.4 is 10.9 Å². The Morgan fingerprint density at radius 1 is 1.27 bits per heavy atom. The van der Waals surface area contributed by atoms with Crippen LogP contribution in [0.5, 0.6) is 0 Å². The molecule has 0 aliphatic rings. The van der Waals surface area contributed by atoms with Crippen LogP contribution in [0, 0.1) is 6.92 Å². The van der Waals surface area contributed by atoms with Crippen molar-refractivity contribution in [3.05, 3.63) is 63.7 Å². The number of para-hydroxylation sites is 1. The van der Waals surface area contributed by atoms with Crippen molar-refractivity contribution >= 4 is 23.2 Å². The molecule has 0 aliphatic carbocycles. The van der Waals surface area contributed by atoms with E-state index in [-0.39, 0.29) is 35.7 Å². The highest BCUT2D eigenvalue weighted by Crippen LogP contribution is 2.13. The normalized spacial score (nSPS) is 10.7. The molecule has 0 spiro atoms. The molecule has 0 aliphatic heterocycles. The quantitative estimate of drug-likeness (QED) is 0.678. The Kier molecular flexibility index (Phi) is 4.83. The summed E-state index contributed by atoms with van der Waals surface area (Å²) in [5, 5.41) is 5.53. The molecule has 2 N–H and O–H groups in total. The maximum atomic E-state index is 12.6. The Morgan fingerprint density at radius 2 is 2.00 bits per heavy atom. The Bertz CT molecular complexity index is 1020. The molecule has 0 bridgehead atoms. The van der Waals surface area contributed by atoms with E-state index < -0.39 is 5.97 Å². The number of aryl methyl sites for hydroxylation is 1. The summed E-state index contributed by atoms with van der Waals surface area (Å²) in [6.45, 7) is 3.10. The molecular weight excluding hydrogens is 336 g/mol. The number of carbonyl (C=O) groups excluding carboxylic acids is 2. The minimum absolute atomic E-state index is 0.0984. The van der Waals surface area contributed by atoms with E-state index in [9.17, 15) is 14.4 Å². The van der Waals surface area contributed by atoms with Gasteiger partial charge in [0.2, 0.25) is 0 Å². The van der Waals surface area contributed by atoms with Crippen LogP contribution in [0.4, 0.5) is 5.69 Å². The number of hydrogen-bond donors (Lipinski definition) is 2. The second-order valence-electron chi connectivity index (χ2n) is 5.74. The number of nitrogens with one attached hydrogen (secondary N) is 2. The van der Waals surface area contributed by atoms with Crippen molar-refractivity contribution < 1.29 is 14.3 Å². The molecule has 26 heavy (non-hydrogen) atoms. The number of nitrogens with zero attached hydrogens (tertiary/aromatic N) is 2. The van der Waals surface area contributed by atoms with Gasteiger partial charge >= 0.3 is 5.97 Å². The Morgan fingerprint density at radius 3 is 2.69 bits per heavy atom. The summed E-state index contributed by atoms with van der Waals surface area (Å²) in [7, 11) is 0. The number of hydrogen-bond acceptors (Lipinski definition) is 5. The molecule has 3 rings (SSSR count). The van der Waals surface area contributed by atoms with Crippen molar-refractivity contribution in [2.75, 3.05) is 11.9 Å². The number of benzene rings is 1. The number of aromatic amines is 1. The molecule has 0 atom stereocenters. The van der Waals surface area contributed by atoms with E-state index in [1.54, 1.807) is 19.1 Å². The third kappa shape index (κ3) is 3.49. The molecule has 1 amide bonds.